The molecule has 0 atom stereocenters. The molecule has 2 heterocycles. The van der Waals surface area contributed by atoms with Crippen LogP contribution >= 0.6 is 22.9 Å². The second-order valence-electron chi connectivity index (χ2n) is 8.25. The molecule has 1 fully saturated rings. The molecule has 1 aromatic carbocycles. The normalized spacial score (nSPS) is 18.7. The van der Waals surface area contributed by atoms with E-state index in [4.69, 9.17) is 16.3 Å². The summed E-state index contributed by atoms with van der Waals surface area (Å²) in [6.07, 6.45) is 4.20. The van der Waals surface area contributed by atoms with E-state index in [2.05, 4.69) is 15.3 Å². The number of aliphatic hydroxyl groups excluding tert-OH is 1. The summed E-state index contributed by atoms with van der Waals surface area (Å²) >= 11 is 7.30. The van der Waals surface area contributed by atoms with Crippen molar-refractivity contribution in [3.8, 4) is 0 Å². The third-order valence-electron chi connectivity index (χ3n) is 5.91. The van der Waals surface area contributed by atoms with Gasteiger partial charge >= 0.3 is 0 Å². The average Bonchev–Trinajstić information content (AvgIpc) is 3.21. The maximum Gasteiger partial charge on any atom is 0.287 e. The van der Waals surface area contributed by atoms with Crippen molar-refractivity contribution < 1.29 is 14.6 Å². The number of rotatable bonds is 8. The fraction of sp³-hybridized carbons (Fsp3) is 0.435. The van der Waals surface area contributed by atoms with E-state index >= 15 is 0 Å². The number of hydrogen-bond acceptors (Lipinski definition) is 6. The summed E-state index contributed by atoms with van der Waals surface area (Å²) in [7, 11) is 0. The highest BCUT2D eigenvalue weighted by atomic mass is 35.5. The number of benzene rings is 1. The highest BCUT2D eigenvalue weighted by Gasteiger charge is 2.21. The maximum absolute atomic E-state index is 12.7. The first-order valence-electron chi connectivity index (χ1n) is 10.7. The lowest BCUT2D eigenvalue weighted by atomic mass is 9.83. The Balaban J connectivity index is 1.36. The molecule has 0 unspecified atom stereocenters. The van der Waals surface area contributed by atoms with E-state index in [1.165, 1.54) is 11.3 Å². The fourth-order valence-electron chi connectivity index (χ4n) is 4.05. The highest BCUT2D eigenvalue weighted by molar-refractivity contribution is 7.16. The zero-order chi connectivity index (χ0) is 22.5. The lowest BCUT2D eigenvalue weighted by Crippen LogP contribution is -2.27. The molecule has 0 bridgehead atoms. The summed E-state index contributed by atoms with van der Waals surface area (Å²) in [5.41, 5.74) is 1.30. The minimum Gasteiger partial charge on any atom is -0.396 e. The molecule has 1 aliphatic carbocycles. The number of aromatic nitrogens is 2. The van der Waals surface area contributed by atoms with Gasteiger partial charge in [0.1, 0.15) is 4.83 Å². The number of nitrogens with one attached hydrogen (secondary N) is 2. The Bertz CT molecular complexity index is 1140. The number of aliphatic hydroxyl groups is 1. The Morgan fingerprint density at radius 3 is 2.81 bits per heavy atom. The van der Waals surface area contributed by atoms with Crippen molar-refractivity contribution in [3.05, 3.63) is 62.0 Å². The minimum atomic E-state index is -0.450. The molecule has 9 heteroatoms. The summed E-state index contributed by atoms with van der Waals surface area (Å²) in [5, 5.41) is 14.9. The summed E-state index contributed by atoms with van der Waals surface area (Å²) in [6, 6.07) is 7.20. The molecule has 0 radical (unpaired) electrons. The molecular weight excluding hydrogens is 450 g/mol. The number of aromatic amines is 1. The monoisotopic (exact) mass is 475 g/mol. The molecule has 0 aliphatic heterocycles. The van der Waals surface area contributed by atoms with E-state index in [0.717, 1.165) is 36.8 Å². The van der Waals surface area contributed by atoms with E-state index in [1.807, 2.05) is 17.5 Å². The molecule has 1 aliphatic rings. The Morgan fingerprint density at radius 2 is 2.06 bits per heavy atom. The second-order valence-corrected chi connectivity index (χ2v) is 9.55. The van der Waals surface area contributed by atoms with Gasteiger partial charge in [-0.2, -0.15) is 0 Å². The predicted molar refractivity (Wildman–Crippen MR) is 125 cm³/mol. The van der Waals surface area contributed by atoms with Crippen LogP contribution in [0.15, 0.2) is 34.4 Å². The molecular formula is C23H26ClN3O4S. The standard InChI is InChI=1S/C23H26ClN3O4S/c24-18-3-1-2-16(8-18)9-25-22(30)20-26-21(29)19-17(13-32-23(19)27-20)12-31-11-15-6-4-14(10-28)5-7-15/h1-3,8,13-15,28H,4-7,9-12H2,(H,25,30)(H,26,27,29). The Labute approximate surface area is 194 Å². The number of carbonyl (C=O) groups is 1. The van der Waals surface area contributed by atoms with Gasteiger partial charge in [-0.15, -0.1) is 11.3 Å². The quantitative estimate of drug-likeness (QED) is 0.458. The molecule has 1 amide bonds. The van der Waals surface area contributed by atoms with Crippen LogP contribution < -0.4 is 10.9 Å². The number of amides is 1. The maximum atomic E-state index is 12.7. The van der Waals surface area contributed by atoms with Gasteiger partial charge in [0.25, 0.3) is 11.5 Å². The van der Waals surface area contributed by atoms with Gasteiger partial charge < -0.3 is 20.1 Å². The molecule has 3 aromatic rings. The Hall–Kier alpha value is -2.26. The SMILES string of the molecule is O=C(NCc1cccc(Cl)c1)c1nc2scc(COCC3CCC(CO)CC3)c2c(=O)[nH]1. The van der Waals surface area contributed by atoms with Gasteiger partial charge in [-0.3, -0.25) is 9.59 Å². The number of nitrogens with zero attached hydrogens (tertiary/aromatic N) is 1. The van der Waals surface area contributed by atoms with E-state index in [1.54, 1.807) is 12.1 Å². The van der Waals surface area contributed by atoms with Crippen LogP contribution in [0.4, 0.5) is 0 Å². The van der Waals surface area contributed by atoms with Crippen LogP contribution in [0.1, 0.15) is 47.4 Å². The minimum absolute atomic E-state index is 0.0144. The van der Waals surface area contributed by atoms with Crippen molar-refractivity contribution in [2.24, 2.45) is 11.8 Å². The first kappa shape index (κ1) is 22.9. The topological polar surface area (TPSA) is 104 Å². The first-order valence-corrected chi connectivity index (χ1v) is 12.0. The van der Waals surface area contributed by atoms with E-state index in [9.17, 15) is 14.7 Å². The molecule has 3 N–H and O–H groups in total. The van der Waals surface area contributed by atoms with Crippen LogP contribution in [0.5, 0.6) is 0 Å². The zero-order valence-electron chi connectivity index (χ0n) is 17.6. The molecule has 2 aromatic heterocycles. The number of fused-ring (bicyclic) bond motifs is 1. The molecule has 170 valence electrons. The van der Waals surface area contributed by atoms with Gasteiger partial charge in [0, 0.05) is 30.3 Å². The van der Waals surface area contributed by atoms with Gasteiger partial charge in [-0.25, -0.2) is 4.98 Å². The number of carbonyl (C=O) groups excluding carboxylic acids is 1. The van der Waals surface area contributed by atoms with Crippen LogP contribution in [0.3, 0.4) is 0 Å². The van der Waals surface area contributed by atoms with Crippen LogP contribution in [-0.4, -0.2) is 34.2 Å². The van der Waals surface area contributed by atoms with Crippen LogP contribution in [0, 0.1) is 11.8 Å². The number of ether oxygens (including phenoxy) is 1. The third kappa shape index (κ3) is 5.56. The van der Waals surface area contributed by atoms with Crippen LogP contribution in [0.2, 0.25) is 5.02 Å². The van der Waals surface area contributed by atoms with E-state index in [0.29, 0.717) is 40.3 Å². The van der Waals surface area contributed by atoms with E-state index in [-0.39, 0.29) is 24.5 Å². The predicted octanol–water partition coefficient (Wildman–Crippen LogP) is 3.88. The van der Waals surface area contributed by atoms with Gasteiger partial charge in [0.2, 0.25) is 5.82 Å². The smallest absolute Gasteiger partial charge is 0.287 e. The lowest BCUT2D eigenvalue weighted by molar-refractivity contribution is 0.0608. The van der Waals surface area contributed by atoms with Crippen LogP contribution in [0.25, 0.3) is 10.2 Å². The highest BCUT2D eigenvalue weighted by Crippen LogP contribution is 2.29. The number of H-pyrrole nitrogens is 1. The average molecular weight is 476 g/mol. The van der Waals surface area contributed by atoms with Crippen molar-refractivity contribution in [3.63, 3.8) is 0 Å². The largest absolute Gasteiger partial charge is 0.396 e. The van der Waals surface area contributed by atoms with Gasteiger partial charge in [-0.05, 0) is 60.6 Å². The number of halogens is 1. The molecule has 7 nitrogen and oxygen atoms in total. The lowest BCUT2D eigenvalue weighted by Gasteiger charge is -2.26. The molecule has 0 spiro atoms. The molecule has 32 heavy (non-hydrogen) atoms. The Kier molecular flexibility index (Phi) is 7.57. The Morgan fingerprint density at radius 1 is 1.28 bits per heavy atom. The zero-order valence-corrected chi connectivity index (χ0v) is 19.2. The van der Waals surface area contributed by atoms with Gasteiger partial charge in [-0.1, -0.05) is 23.7 Å². The van der Waals surface area contributed by atoms with Crippen LogP contribution in [-0.2, 0) is 17.9 Å². The summed E-state index contributed by atoms with van der Waals surface area (Å²) in [5.74, 6) is 0.454. The third-order valence-corrected chi connectivity index (χ3v) is 7.07. The van der Waals surface area contributed by atoms with E-state index < -0.39 is 5.91 Å². The molecule has 0 saturated heterocycles. The first-order chi connectivity index (χ1) is 15.5. The van der Waals surface area contributed by atoms with Gasteiger partial charge in [0.15, 0.2) is 0 Å². The number of thiophene rings is 1. The van der Waals surface area contributed by atoms with Gasteiger partial charge in [0.05, 0.1) is 12.0 Å². The number of hydrogen-bond donors (Lipinski definition) is 3. The van der Waals surface area contributed by atoms with Crippen molar-refractivity contribution in [2.45, 2.75) is 38.8 Å². The van der Waals surface area contributed by atoms with Crippen molar-refractivity contribution in [1.29, 1.82) is 0 Å². The summed E-state index contributed by atoms with van der Waals surface area (Å²) in [6.45, 7) is 1.53. The van der Waals surface area contributed by atoms with Crippen molar-refractivity contribution in [2.75, 3.05) is 13.2 Å². The molecule has 4 rings (SSSR count). The second kappa shape index (κ2) is 10.6. The summed E-state index contributed by atoms with van der Waals surface area (Å²) < 4.78 is 5.90. The van der Waals surface area contributed by atoms with Crippen molar-refractivity contribution >= 4 is 39.1 Å². The molecule has 1 saturated carbocycles. The van der Waals surface area contributed by atoms with Crippen molar-refractivity contribution in [1.82, 2.24) is 15.3 Å². The summed E-state index contributed by atoms with van der Waals surface area (Å²) in [4.78, 5) is 32.6. The fourth-order valence-corrected chi connectivity index (χ4v) is 5.19.